The molecule has 1 atom stereocenters. The lowest BCUT2D eigenvalue weighted by molar-refractivity contribution is 0.592. The number of hydrogen-bond acceptors (Lipinski definition) is 4. The minimum atomic E-state index is -3.69. The highest BCUT2D eigenvalue weighted by molar-refractivity contribution is 9.10. The number of pyridine rings is 1. The molecule has 0 saturated carbocycles. The highest BCUT2D eigenvalue weighted by Gasteiger charge is 2.23. The van der Waals surface area contributed by atoms with Crippen LogP contribution in [0, 0.1) is 11.3 Å². The van der Waals surface area contributed by atoms with E-state index in [2.05, 4.69) is 25.6 Å². The predicted octanol–water partition coefficient (Wildman–Crippen LogP) is 1.89. The smallest absolute Gasteiger partial charge is 0.250 e. The number of anilines is 1. The van der Waals surface area contributed by atoms with Crippen LogP contribution in [-0.2, 0) is 10.0 Å². The monoisotopic (exact) mass is 303 g/mol. The second kappa shape index (κ2) is 5.27. The number of aromatic nitrogens is 1. The molecule has 0 saturated heterocycles. The molecular weight excluding hydrogens is 294 g/mol. The fraction of sp³-hybridized carbons (Fsp3) is 0.333. The van der Waals surface area contributed by atoms with Crippen LogP contribution >= 0.6 is 15.9 Å². The fourth-order valence-electron chi connectivity index (χ4n) is 1.06. The second-order valence-corrected chi connectivity index (χ2v) is 5.81. The molecule has 1 rings (SSSR count). The van der Waals surface area contributed by atoms with Gasteiger partial charge in [-0.2, -0.15) is 5.26 Å². The van der Waals surface area contributed by atoms with Gasteiger partial charge in [-0.15, -0.1) is 0 Å². The normalized spacial score (nSPS) is 12.8. The molecule has 1 aromatic rings. The Bertz CT molecular complexity index is 510. The van der Waals surface area contributed by atoms with Crippen molar-refractivity contribution in [2.75, 3.05) is 4.72 Å². The van der Waals surface area contributed by atoms with Crippen molar-refractivity contribution in [1.29, 1.82) is 5.26 Å². The molecular formula is C9H10BrN3O2S. The molecule has 7 heteroatoms. The van der Waals surface area contributed by atoms with Crippen molar-refractivity contribution in [1.82, 2.24) is 4.98 Å². The number of nitriles is 1. The van der Waals surface area contributed by atoms with E-state index in [4.69, 9.17) is 5.26 Å². The van der Waals surface area contributed by atoms with Gasteiger partial charge < -0.3 is 0 Å². The van der Waals surface area contributed by atoms with Crippen LogP contribution in [0.2, 0.25) is 0 Å². The summed E-state index contributed by atoms with van der Waals surface area (Å²) >= 11 is 3.20. The maximum atomic E-state index is 11.7. The van der Waals surface area contributed by atoms with Crippen molar-refractivity contribution in [3.8, 4) is 6.07 Å². The van der Waals surface area contributed by atoms with Gasteiger partial charge >= 0.3 is 0 Å². The number of halogens is 1. The Labute approximate surface area is 103 Å². The summed E-state index contributed by atoms with van der Waals surface area (Å²) in [6.45, 7) is 1.64. The third-order valence-electron chi connectivity index (χ3n) is 1.86. The van der Waals surface area contributed by atoms with Crippen molar-refractivity contribution in [2.24, 2.45) is 0 Å². The van der Waals surface area contributed by atoms with Crippen LogP contribution < -0.4 is 4.72 Å². The van der Waals surface area contributed by atoms with Gasteiger partial charge in [-0.25, -0.2) is 13.4 Å². The van der Waals surface area contributed by atoms with E-state index in [1.54, 1.807) is 19.1 Å². The molecule has 1 heterocycles. The van der Waals surface area contributed by atoms with Gasteiger partial charge in [0, 0.05) is 10.7 Å². The number of sulfonamides is 1. The van der Waals surface area contributed by atoms with Gasteiger partial charge in [0.25, 0.3) is 0 Å². The van der Waals surface area contributed by atoms with E-state index in [-0.39, 0.29) is 12.2 Å². The summed E-state index contributed by atoms with van der Waals surface area (Å²) in [4.78, 5) is 3.85. The third-order valence-corrected chi connectivity index (χ3v) is 4.03. The Kier molecular flexibility index (Phi) is 4.26. The second-order valence-electron chi connectivity index (χ2n) is 3.03. The molecule has 0 aliphatic rings. The first-order valence-corrected chi connectivity index (χ1v) is 6.86. The van der Waals surface area contributed by atoms with Crippen molar-refractivity contribution in [3.05, 3.63) is 22.8 Å². The van der Waals surface area contributed by atoms with E-state index < -0.39 is 15.3 Å². The first kappa shape index (κ1) is 12.9. The summed E-state index contributed by atoms with van der Waals surface area (Å²) < 4.78 is 26.4. The van der Waals surface area contributed by atoms with Crippen LogP contribution in [-0.4, -0.2) is 18.7 Å². The number of nitrogens with zero attached hydrogens (tertiary/aromatic N) is 2. The van der Waals surface area contributed by atoms with Gasteiger partial charge in [0.2, 0.25) is 10.0 Å². The minimum Gasteiger partial charge on any atom is -0.266 e. The van der Waals surface area contributed by atoms with Gasteiger partial charge in [-0.1, -0.05) is 22.9 Å². The van der Waals surface area contributed by atoms with Crippen molar-refractivity contribution in [3.63, 3.8) is 0 Å². The third kappa shape index (κ3) is 3.18. The van der Waals surface area contributed by atoms with Gasteiger partial charge in [0.1, 0.15) is 5.82 Å². The Morgan fingerprint density at radius 1 is 1.69 bits per heavy atom. The average molecular weight is 304 g/mol. The van der Waals surface area contributed by atoms with Crippen molar-refractivity contribution in [2.45, 2.75) is 18.6 Å². The number of hydrogen-bond donors (Lipinski definition) is 1. The topological polar surface area (TPSA) is 82.8 Å². The van der Waals surface area contributed by atoms with E-state index in [1.165, 1.54) is 12.3 Å². The highest BCUT2D eigenvalue weighted by atomic mass is 79.9. The summed E-state index contributed by atoms with van der Waals surface area (Å²) in [6.07, 6.45) is 1.70. The summed E-state index contributed by atoms with van der Waals surface area (Å²) in [5.41, 5.74) is 0. The van der Waals surface area contributed by atoms with Crippen LogP contribution in [0.25, 0.3) is 0 Å². The minimum absolute atomic E-state index is 0.197. The van der Waals surface area contributed by atoms with Crippen LogP contribution in [0.5, 0.6) is 0 Å². The number of rotatable bonds is 4. The first-order valence-electron chi connectivity index (χ1n) is 4.52. The molecule has 0 spiro atoms. The Morgan fingerprint density at radius 2 is 2.38 bits per heavy atom. The molecule has 1 unspecified atom stereocenters. The van der Waals surface area contributed by atoms with Crippen molar-refractivity contribution >= 4 is 31.8 Å². The Morgan fingerprint density at radius 3 is 2.88 bits per heavy atom. The zero-order valence-corrected chi connectivity index (χ0v) is 10.9. The van der Waals surface area contributed by atoms with Gasteiger partial charge in [-0.3, -0.25) is 4.72 Å². The lowest BCUT2D eigenvalue weighted by atomic mass is 10.4. The molecule has 0 radical (unpaired) electrons. The molecule has 0 bridgehead atoms. The molecule has 0 fully saturated rings. The summed E-state index contributed by atoms with van der Waals surface area (Å²) in [6, 6.07) is 4.95. The van der Waals surface area contributed by atoms with E-state index >= 15 is 0 Å². The van der Waals surface area contributed by atoms with Crippen molar-refractivity contribution < 1.29 is 8.42 Å². The van der Waals surface area contributed by atoms with Crippen LogP contribution in [0.1, 0.15) is 13.3 Å². The molecule has 1 aromatic heterocycles. The first-order chi connectivity index (χ1) is 7.49. The maximum Gasteiger partial charge on any atom is 0.250 e. The molecule has 16 heavy (non-hydrogen) atoms. The molecule has 0 amide bonds. The van der Waals surface area contributed by atoms with Gasteiger partial charge in [-0.05, 0) is 18.6 Å². The molecule has 86 valence electrons. The summed E-state index contributed by atoms with van der Waals surface area (Å²) in [7, 11) is -3.69. The van der Waals surface area contributed by atoms with Gasteiger partial charge in [0.05, 0.1) is 6.07 Å². The summed E-state index contributed by atoms with van der Waals surface area (Å²) in [5, 5.41) is 7.63. The van der Waals surface area contributed by atoms with Crippen LogP contribution in [0.3, 0.4) is 0 Å². The standard InChI is InChI=1S/C9H10BrN3O2S/c1-2-8(6-11)16(14,15)13-9-5-7(10)3-4-12-9/h3-5,8H,2H2,1H3,(H,12,13). The molecule has 0 aliphatic heterocycles. The zero-order chi connectivity index (χ0) is 12.2. The van der Waals surface area contributed by atoms with E-state index in [0.717, 1.165) is 0 Å². The van der Waals surface area contributed by atoms with Crippen LogP contribution in [0.4, 0.5) is 5.82 Å². The quantitative estimate of drug-likeness (QED) is 0.920. The lowest BCUT2D eigenvalue weighted by Gasteiger charge is -2.10. The highest BCUT2D eigenvalue weighted by Crippen LogP contribution is 2.15. The zero-order valence-electron chi connectivity index (χ0n) is 8.51. The summed E-state index contributed by atoms with van der Waals surface area (Å²) in [5.74, 6) is 0.197. The average Bonchev–Trinajstić information content (AvgIpc) is 2.18. The molecule has 0 aliphatic carbocycles. The van der Waals surface area contributed by atoms with E-state index in [9.17, 15) is 8.42 Å². The number of nitrogens with one attached hydrogen (secondary N) is 1. The Hall–Kier alpha value is -1.13. The van der Waals surface area contributed by atoms with Crippen LogP contribution in [0.15, 0.2) is 22.8 Å². The van der Waals surface area contributed by atoms with E-state index in [0.29, 0.717) is 4.47 Å². The largest absolute Gasteiger partial charge is 0.266 e. The van der Waals surface area contributed by atoms with E-state index in [1.807, 2.05) is 0 Å². The molecule has 0 aromatic carbocycles. The lowest BCUT2D eigenvalue weighted by Crippen LogP contribution is -2.26. The Balaban J connectivity index is 2.94. The SMILES string of the molecule is CCC(C#N)S(=O)(=O)Nc1cc(Br)ccn1. The molecule has 5 nitrogen and oxygen atoms in total. The maximum absolute atomic E-state index is 11.7. The fourth-order valence-corrected chi connectivity index (χ4v) is 2.52. The predicted molar refractivity (Wildman–Crippen MR) is 64.2 cm³/mol. The molecule has 1 N–H and O–H groups in total. The van der Waals surface area contributed by atoms with Gasteiger partial charge in [0.15, 0.2) is 5.25 Å².